The minimum absolute atomic E-state index is 0.0568. The lowest BCUT2D eigenvalue weighted by Gasteiger charge is -2.13. The van der Waals surface area contributed by atoms with Gasteiger partial charge in [0.1, 0.15) is 18.2 Å². The summed E-state index contributed by atoms with van der Waals surface area (Å²) in [5.41, 5.74) is 8.12. The number of ether oxygens (including phenoxy) is 1. The van der Waals surface area contributed by atoms with Gasteiger partial charge in [-0.05, 0) is 38.0 Å². The standard InChI is InChI=1S/C15H21N3O/c1-11-10-14(12(2)16)4-5-15(11)19-9-8-18-7-6-17-13(18)3/h4-7,10,12H,8-9,16H2,1-3H3. The zero-order chi connectivity index (χ0) is 13.8. The molecule has 102 valence electrons. The van der Waals surface area contributed by atoms with Crippen LogP contribution in [0.25, 0.3) is 0 Å². The predicted octanol–water partition coefficient (Wildman–Crippen LogP) is 2.60. The first-order chi connectivity index (χ1) is 9.08. The van der Waals surface area contributed by atoms with E-state index >= 15 is 0 Å². The van der Waals surface area contributed by atoms with Gasteiger partial charge >= 0.3 is 0 Å². The molecule has 0 saturated carbocycles. The molecule has 2 N–H and O–H groups in total. The fourth-order valence-corrected chi connectivity index (χ4v) is 2.01. The molecule has 2 aromatic rings. The van der Waals surface area contributed by atoms with E-state index in [1.807, 2.05) is 39.1 Å². The van der Waals surface area contributed by atoms with Gasteiger partial charge in [-0.25, -0.2) is 4.98 Å². The summed E-state index contributed by atoms with van der Waals surface area (Å²) in [6, 6.07) is 6.16. The molecule has 1 unspecified atom stereocenters. The molecule has 1 atom stereocenters. The molecular formula is C15H21N3O. The topological polar surface area (TPSA) is 53.1 Å². The van der Waals surface area contributed by atoms with Gasteiger partial charge in [-0.3, -0.25) is 0 Å². The Balaban J connectivity index is 1.95. The monoisotopic (exact) mass is 259 g/mol. The third-order valence-electron chi connectivity index (χ3n) is 3.24. The number of aromatic nitrogens is 2. The van der Waals surface area contributed by atoms with Crippen molar-refractivity contribution in [3.63, 3.8) is 0 Å². The van der Waals surface area contributed by atoms with Crippen LogP contribution in [0, 0.1) is 13.8 Å². The molecule has 1 aromatic heterocycles. The summed E-state index contributed by atoms with van der Waals surface area (Å²) in [6.45, 7) is 7.46. The van der Waals surface area contributed by atoms with E-state index in [1.54, 1.807) is 6.20 Å². The van der Waals surface area contributed by atoms with E-state index in [0.29, 0.717) is 6.61 Å². The summed E-state index contributed by atoms with van der Waals surface area (Å²) >= 11 is 0. The Hall–Kier alpha value is -1.81. The van der Waals surface area contributed by atoms with E-state index in [1.165, 1.54) is 0 Å². The SMILES string of the molecule is Cc1cc(C(C)N)ccc1OCCn1ccnc1C. The summed E-state index contributed by atoms with van der Waals surface area (Å²) < 4.78 is 7.89. The second-order valence-electron chi connectivity index (χ2n) is 4.83. The predicted molar refractivity (Wildman–Crippen MR) is 76.2 cm³/mol. The smallest absolute Gasteiger partial charge is 0.122 e. The van der Waals surface area contributed by atoms with Crippen LogP contribution in [0.3, 0.4) is 0 Å². The van der Waals surface area contributed by atoms with Crippen molar-refractivity contribution in [3.05, 3.63) is 47.5 Å². The molecule has 2 rings (SSSR count). The van der Waals surface area contributed by atoms with Crippen LogP contribution in [0.1, 0.15) is 29.9 Å². The first-order valence-electron chi connectivity index (χ1n) is 6.54. The van der Waals surface area contributed by atoms with Gasteiger partial charge in [0, 0.05) is 18.4 Å². The highest BCUT2D eigenvalue weighted by atomic mass is 16.5. The van der Waals surface area contributed by atoms with Crippen LogP contribution >= 0.6 is 0 Å². The molecule has 4 nitrogen and oxygen atoms in total. The molecule has 1 heterocycles. The number of imidazole rings is 1. The van der Waals surface area contributed by atoms with Gasteiger partial charge in [0.15, 0.2) is 0 Å². The molecule has 0 bridgehead atoms. The van der Waals surface area contributed by atoms with Gasteiger partial charge in [0.05, 0.1) is 6.54 Å². The molecular weight excluding hydrogens is 238 g/mol. The third-order valence-corrected chi connectivity index (χ3v) is 3.24. The Morgan fingerprint density at radius 2 is 2.16 bits per heavy atom. The summed E-state index contributed by atoms with van der Waals surface area (Å²) in [5.74, 6) is 1.93. The molecule has 0 amide bonds. The summed E-state index contributed by atoms with van der Waals surface area (Å²) in [5, 5.41) is 0. The van der Waals surface area contributed by atoms with Crippen molar-refractivity contribution in [2.24, 2.45) is 5.73 Å². The summed E-state index contributed by atoms with van der Waals surface area (Å²) in [7, 11) is 0. The van der Waals surface area contributed by atoms with Crippen LogP contribution in [0.5, 0.6) is 5.75 Å². The fourth-order valence-electron chi connectivity index (χ4n) is 2.01. The Labute approximate surface area is 114 Å². The molecule has 0 saturated heterocycles. The van der Waals surface area contributed by atoms with Crippen molar-refractivity contribution in [2.45, 2.75) is 33.4 Å². The van der Waals surface area contributed by atoms with E-state index in [2.05, 4.69) is 15.6 Å². The maximum atomic E-state index is 5.86. The van der Waals surface area contributed by atoms with E-state index in [9.17, 15) is 0 Å². The van der Waals surface area contributed by atoms with Crippen molar-refractivity contribution in [1.29, 1.82) is 0 Å². The fraction of sp³-hybridized carbons (Fsp3) is 0.400. The van der Waals surface area contributed by atoms with E-state index < -0.39 is 0 Å². The first-order valence-corrected chi connectivity index (χ1v) is 6.54. The van der Waals surface area contributed by atoms with Crippen molar-refractivity contribution >= 4 is 0 Å². The minimum atomic E-state index is 0.0568. The average Bonchev–Trinajstić information content (AvgIpc) is 2.77. The van der Waals surface area contributed by atoms with Gasteiger partial charge in [-0.2, -0.15) is 0 Å². The molecule has 0 aliphatic heterocycles. The highest BCUT2D eigenvalue weighted by Gasteiger charge is 2.04. The third kappa shape index (κ3) is 3.35. The molecule has 0 aliphatic carbocycles. The van der Waals surface area contributed by atoms with Crippen LogP contribution in [0.4, 0.5) is 0 Å². The number of hydrogen-bond acceptors (Lipinski definition) is 3. The van der Waals surface area contributed by atoms with Crippen molar-refractivity contribution in [3.8, 4) is 5.75 Å². The number of rotatable bonds is 5. The lowest BCUT2D eigenvalue weighted by molar-refractivity contribution is 0.295. The van der Waals surface area contributed by atoms with E-state index in [0.717, 1.165) is 29.2 Å². The largest absolute Gasteiger partial charge is 0.491 e. The summed E-state index contributed by atoms with van der Waals surface area (Å²) in [4.78, 5) is 4.18. The van der Waals surface area contributed by atoms with Crippen molar-refractivity contribution in [1.82, 2.24) is 9.55 Å². The highest BCUT2D eigenvalue weighted by Crippen LogP contribution is 2.21. The Morgan fingerprint density at radius 3 is 2.74 bits per heavy atom. The first kappa shape index (κ1) is 13.6. The zero-order valence-electron chi connectivity index (χ0n) is 11.8. The van der Waals surface area contributed by atoms with E-state index in [-0.39, 0.29) is 6.04 Å². The van der Waals surface area contributed by atoms with E-state index in [4.69, 9.17) is 10.5 Å². The number of hydrogen-bond donors (Lipinski definition) is 1. The molecule has 4 heteroatoms. The lowest BCUT2D eigenvalue weighted by Crippen LogP contribution is -2.10. The summed E-state index contributed by atoms with van der Waals surface area (Å²) in [6.07, 6.45) is 3.77. The molecule has 0 radical (unpaired) electrons. The van der Waals surface area contributed by atoms with Crippen LogP contribution in [0.15, 0.2) is 30.6 Å². The molecule has 0 fully saturated rings. The lowest BCUT2D eigenvalue weighted by atomic mass is 10.1. The molecule has 0 spiro atoms. The van der Waals surface area contributed by atoms with Crippen molar-refractivity contribution in [2.75, 3.05) is 6.61 Å². The second kappa shape index (κ2) is 5.89. The molecule has 0 aliphatic rings. The van der Waals surface area contributed by atoms with Crippen LogP contribution in [-0.4, -0.2) is 16.2 Å². The normalized spacial score (nSPS) is 12.4. The van der Waals surface area contributed by atoms with Crippen molar-refractivity contribution < 1.29 is 4.74 Å². The Morgan fingerprint density at radius 1 is 1.37 bits per heavy atom. The number of nitrogens with zero attached hydrogens (tertiary/aromatic N) is 2. The molecule has 19 heavy (non-hydrogen) atoms. The van der Waals surface area contributed by atoms with Gasteiger partial charge in [0.25, 0.3) is 0 Å². The minimum Gasteiger partial charge on any atom is -0.491 e. The molecule has 1 aromatic carbocycles. The number of nitrogens with two attached hydrogens (primary N) is 1. The van der Waals surface area contributed by atoms with Gasteiger partial charge in [-0.1, -0.05) is 12.1 Å². The number of benzene rings is 1. The quantitative estimate of drug-likeness (QED) is 0.898. The Kier molecular flexibility index (Phi) is 4.22. The van der Waals surface area contributed by atoms with Gasteiger partial charge < -0.3 is 15.0 Å². The Bertz CT molecular complexity index is 546. The average molecular weight is 259 g/mol. The van der Waals surface area contributed by atoms with Crippen LogP contribution in [0.2, 0.25) is 0 Å². The van der Waals surface area contributed by atoms with Crippen LogP contribution < -0.4 is 10.5 Å². The van der Waals surface area contributed by atoms with Gasteiger partial charge in [0.2, 0.25) is 0 Å². The van der Waals surface area contributed by atoms with Crippen LogP contribution in [-0.2, 0) is 6.54 Å². The number of aryl methyl sites for hydroxylation is 2. The highest BCUT2D eigenvalue weighted by molar-refractivity contribution is 5.37. The maximum Gasteiger partial charge on any atom is 0.122 e. The second-order valence-corrected chi connectivity index (χ2v) is 4.83. The maximum absolute atomic E-state index is 5.86. The zero-order valence-corrected chi connectivity index (χ0v) is 11.8. The van der Waals surface area contributed by atoms with Gasteiger partial charge in [-0.15, -0.1) is 0 Å².